The summed E-state index contributed by atoms with van der Waals surface area (Å²) in [5.41, 5.74) is 7.19. The van der Waals surface area contributed by atoms with Crippen LogP contribution < -0.4 is 10.7 Å². The molecule has 1 atom stereocenters. The maximum atomic E-state index is 12.2. The number of rotatable bonds is 4. The summed E-state index contributed by atoms with van der Waals surface area (Å²) in [6.07, 6.45) is 1.64. The van der Waals surface area contributed by atoms with Gasteiger partial charge in [0.1, 0.15) is 0 Å². The monoisotopic (exact) mass is 231 g/mol. The van der Waals surface area contributed by atoms with Crippen molar-refractivity contribution in [2.45, 2.75) is 19.8 Å². The summed E-state index contributed by atoms with van der Waals surface area (Å²) in [4.78, 5) is 12.2. The minimum absolute atomic E-state index is 0.0575. The smallest absolute Gasteiger partial charge is 0.256 e. The Kier molecular flexibility index (Phi) is 3.54. The summed E-state index contributed by atoms with van der Waals surface area (Å²) >= 11 is 0. The average Bonchev–Trinajstić information content (AvgIpc) is 2.64. The molecule has 0 bridgehead atoms. The maximum absolute atomic E-state index is 12.2. The van der Waals surface area contributed by atoms with E-state index >= 15 is 0 Å². The number of anilines is 1. The number of carbonyl (C=O) groups excluding carboxylic acids is 1. The highest BCUT2D eigenvalue weighted by Crippen LogP contribution is 2.25. The molecule has 0 aromatic heterocycles. The Labute approximate surface area is 101 Å². The van der Waals surface area contributed by atoms with Gasteiger partial charge < -0.3 is 5.73 Å². The number of nitrogens with two attached hydrogens (primary N) is 1. The van der Waals surface area contributed by atoms with Gasteiger partial charge in [0.2, 0.25) is 0 Å². The molecular weight excluding hydrogens is 214 g/mol. The van der Waals surface area contributed by atoms with Crippen molar-refractivity contribution < 1.29 is 4.79 Å². The van der Waals surface area contributed by atoms with Gasteiger partial charge in [-0.1, -0.05) is 18.2 Å². The van der Waals surface area contributed by atoms with Crippen molar-refractivity contribution in [3.8, 4) is 0 Å². The second-order valence-corrected chi connectivity index (χ2v) is 4.21. The van der Waals surface area contributed by atoms with Crippen molar-refractivity contribution in [2.75, 3.05) is 11.6 Å². The fourth-order valence-corrected chi connectivity index (χ4v) is 2.01. The molecule has 0 saturated heterocycles. The molecule has 1 heterocycles. The van der Waals surface area contributed by atoms with Crippen molar-refractivity contribution >= 4 is 17.3 Å². The molecule has 4 heteroatoms. The Hall–Kier alpha value is -1.68. The van der Waals surface area contributed by atoms with Crippen LogP contribution in [-0.2, 0) is 4.79 Å². The largest absolute Gasteiger partial charge is 0.330 e. The number of para-hydroxylation sites is 1. The lowest BCUT2D eigenvalue weighted by atomic mass is 9.98. The summed E-state index contributed by atoms with van der Waals surface area (Å²) in [5.74, 6) is -0.0408. The highest BCUT2D eigenvalue weighted by Gasteiger charge is 2.33. The topological polar surface area (TPSA) is 58.7 Å². The third-order valence-corrected chi connectivity index (χ3v) is 2.97. The van der Waals surface area contributed by atoms with E-state index in [2.05, 4.69) is 5.10 Å². The van der Waals surface area contributed by atoms with Gasteiger partial charge in [0, 0.05) is 5.71 Å². The molecule has 1 aliphatic rings. The van der Waals surface area contributed by atoms with Gasteiger partial charge in [-0.2, -0.15) is 5.10 Å². The molecule has 0 fully saturated rings. The van der Waals surface area contributed by atoms with Gasteiger partial charge in [-0.25, -0.2) is 5.01 Å². The van der Waals surface area contributed by atoms with Crippen molar-refractivity contribution in [2.24, 2.45) is 16.8 Å². The van der Waals surface area contributed by atoms with E-state index in [1.165, 1.54) is 5.01 Å². The van der Waals surface area contributed by atoms with Crippen molar-refractivity contribution in [3.05, 3.63) is 30.3 Å². The minimum atomic E-state index is -0.0984. The van der Waals surface area contributed by atoms with E-state index in [0.29, 0.717) is 6.54 Å². The van der Waals surface area contributed by atoms with Gasteiger partial charge in [0.25, 0.3) is 5.91 Å². The summed E-state index contributed by atoms with van der Waals surface area (Å²) < 4.78 is 0. The molecule has 0 spiro atoms. The number of nitrogens with zero attached hydrogens (tertiary/aromatic N) is 2. The molecule has 1 aromatic rings. The summed E-state index contributed by atoms with van der Waals surface area (Å²) in [7, 11) is 0. The Morgan fingerprint density at radius 1 is 1.35 bits per heavy atom. The second kappa shape index (κ2) is 5.10. The van der Waals surface area contributed by atoms with E-state index in [9.17, 15) is 4.79 Å². The molecule has 90 valence electrons. The normalized spacial score (nSPS) is 19.6. The fourth-order valence-electron chi connectivity index (χ4n) is 2.01. The first-order valence-electron chi connectivity index (χ1n) is 5.88. The quantitative estimate of drug-likeness (QED) is 0.858. The minimum Gasteiger partial charge on any atom is -0.330 e. The van der Waals surface area contributed by atoms with Gasteiger partial charge >= 0.3 is 0 Å². The second-order valence-electron chi connectivity index (χ2n) is 4.21. The number of hydrogen-bond donors (Lipinski definition) is 1. The first-order chi connectivity index (χ1) is 8.24. The van der Waals surface area contributed by atoms with E-state index in [0.717, 1.165) is 24.2 Å². The summed E-state index contributed by atoms with van der Waals surface area (Å²) in [6.45, 7) is 2.52. The van der Waals surface area contributed by atoms with Gasteiger partial charge in [0.15, 0.2) is 0 Å². The number of benzene rings is 1. The molecule has 17 heavy (non-hydrogen) atoms. The summed E-state index contributed by atoms with van der Waals surface area (Å²) in [6, 6.07) is 9.51. The first kappa shape index (κ1) is 11.8. The lowest BCUT2D eigenvalue weighted by Gasteiger charge is -2.13. The lowest BCUT2D eigenvalue weighted by Crippen LogP contribution is -2.27. The Bertz CT molecular complexity index is 428. The van der Waals surface area contributed by atoms with Crippen LogP contribution in [0.15, 0.2) is 35.4 Å². The molecule has 0 aliphatic carbocycles. The van der Waals surface area contributed by atoms with Gasteiger partial charge in [-0.3, -0.25) is 4.79 Å². The predicted molar refractivity (Wildman–Crippen MR) is 68.8 cm³/mol. The molecule has 1 aliphatic heterocycles. The zero-order valence-corrected chi connectivity index (χ0v) is 9.97. The van der Waals surface area contributed by atoms with Crippen LogP contribution in [0.5, 0.6) is 0 Å². The number of amides is 1. The van der Waals surface area contributed by atoms with Crippen LogP contribution in [0.3, 0.4) is 0 Å². The third-order valence-electron chi connectivity index (χ3n) is 2.97. The first-order valence-corrected chi connectivity index (χ1v) is 5.88. The highest BCUT2D eigenvalue weighted by molar-refractivity contribution is 6.14. The van der Waals surface area contributed by atoms with Crippen LogP contribution in [0.2, 0.25) is 0 Å². The van der Waals surface area contributed by atoms with E-state index in [-0.39, 0.29) is 11.8 Å². The molecule has 4 nitrogen and oxygen atoms in total. The van der Waals surface area contributed by atoms with Crippen LogP contribution in [-0.4, -0.2) is 18.2 Å². The molecule has 1 amide bonds. The van der Waals surface area contributed by atoms with Crippen LogP contribution in [0, 0.1) is 5.92 Å². The van der Waals surface area contributed by atoms with E-state index < -0.39 is 0 Å². The van der Waals surface area contributed by atoms with Crippen molar-refractivity contribution in [3.63, 3.8) is 0 Å². The highest BCUT2D eigenvalue weighted by atomic mass is 16.2. The van der Waals surface area contributed by atoms with Crippen molar-refractivity contribution in [1.29, 1.82) is 0 Å². The molecule has 2 N–H and O–H groups in total. The standard InChI is InChI=1S/C13H17N3O/c1-10-12(8-5-9-14)13(17)16(15-10)11-6-3-2-4-7-11/h2-4,6-7,12H,5,8-9,14H2,1H3. The maximum Gasteiger partial charge on any atom is 0.256 e. The van der Waals surface area contributed by atoms with Crippen LogP contribution in [0.4, 0.5) is 5.69 Å². The number of hydrazone groups is 1. The van der Waals surface area contributed by atoms with E-state index in [4.69, 9.17) is 5.73 Å². The SMILES string of the molecule is CC1=NN(c2ccccc2)C(=O)C1CCCN. The van der Waals surface area contributed by atoms with Crippen LogP contribution in [0.25, 0.3) is 0 Å². The van der Waals surface area contributed by atoms with Crippen LogP contribution >= 0.6 is 0 Å². The van der Waals surface area contributed by atoms with Crippen LogP contribution in [0.1, 0.15) is 19.8 Å². The fraction of sp³-hybridized carbons (Fsp3) is 0.385. The predicted octanol–water partition coefficient (Wildman–Crippen LogP) is 1.76. The summed E-state index contributed by atoms with van der Waals surface area (Å²) in [5, 5.41) is 5.83. The molecule has 2 rings (SSSR count). The Balaban J connectivity index is 2.16. The van der Waals surface area contributed by atoms with Gasteiger partial charge in [-0.05, 0) is 38.4 Å². The van der Waals surface area contributed by atoms with Crippen molar-refractivity contribution in [1.82, 2.24) is 0 Å². The third kappa shape index (κ3) is 2.36. The number of hydrogen-bond acceptors (Lipinski definition) is 3. The number of carbonyl (C=O) groups is 1. The molecule has 1 unspecified atom stereocenters. The Morgan fingerprint density at radius 3 is 2.71 bits per heavy atom. The molecule has 1 aromatic carbocycles. The van der Waals surface area contributed by atoms with Gasteiger partial charge in [-0.15, -0.1) is 0 Å². The zero-order chi connectivity index (χ0) is 12.3. The molecule has 0 radical (unpaired) electrons. The lowest BCUT2D eigenvalue weighted by molar-refractivity contribution is -0.119. The van der Waals surface area contributed by atoms with Gasteiger partial charge in [0.05, 0.1) is 11.6 Å². The van der Waals surface area contributed by atoms with E-state index in [1.807, 2.05) is 37.3 Å². The zero-order valence-electron chi connectivity index (χ0n) is 9.97. The average molecular weight is 231 g/mol. The molecule has 0 saturated carbocycles. The Morgan fingerprint density at radius 2 is 2.06 bits per heavy atom. The molecular formula is C13H17N3O. The van der Waals surface area contributed by atoms with E-state index in [1.54, 1.807) is 0 Å².